The first-order valence-corrected chi connectivity index (χ1v) is 13.2. The summed E-state index contributed by atoms with van der Waals surface area (Å²) in [5, 5.41) is 15.2. The molecular formula is C21H24ClFN8O3S. The molecule has 1 aromatic carbocycles. The molecule has 0 aliphatic heterocycles. The minimum atomic E-state index is -3.21. The van der Waals surface area contributed by atoms with Crippen LogP contribution in [0, 0.1) is 11.7 Å². The maximum Gasteiger partial charge on any atom is 0.270 e. The van der Waals surface area contributed by atoms with Crippen LogP contribution in [0.25, 0.3) is 11.5 Å². The van der Waals surface area contributed by atoms with E-state index in [2.05, 4.69) is 35.4 Å². The fourth-order valence-electron chi connectivity index (χ4n) is 3.95. The van der Waals surface area contributed by atoms with E-state index in [0.29, 0.717) is 23.7 Å². The third kappa shape index (κ3) is 6.99. The molecule has 2 N–H and O–H groups in total. The standard InChI is InChI=1S/C21H24ClFN8O3S/c1-35(33,34)29-15-5-2-13(3-6-15)11-31-28-20(27-30-31)18-9-19(26-12-25-18)21(32)24-10-14-4-7-17(23)16(22)8-14/h4,7-9,12-13,15,29H,2-3,5-6,10-11H2,1H3,(H,24,32). The number of sulfonamides is 1. The Kier molecular flexibility index (Phi) is 7.67. The van der Waals surface area contributed by atoms with Crippen LogP contribution >= 0.6 is 11.6 Å². The second kappa shape index (κ2) is 10.7. The Bertz CT molecular complexity index is 1310. The van der Waals surface area contributed by atoms with E-state index < -0.39 is 21.7 Å². The van der Waals surface area contributed by atoms with Gasteiger partial charge in [0.25, 0.3) is 5.91 Å². The first kappa shape index (κ1) is 25.1. The Morgan fingerprint density at radius 1 is 1.20 bits per heavy atom. The van der Waals surface area contributed by atoms with E-state index in [1.54, 1.807) is 0 Å². The maximum atomic E-state index is 13.3. The fourth-order valence-corrected chi connectivity index (χ4v) is 4.99. The van der Waals surface area contributed by atoms with Crippen molar-refractivity contribution in [3.63, 3.8) is 0 Å². The summed E-state index contributed by atoms with van der Waals surface area (Å²) in [6, 6.07) is 5.64. The van der Waals surface area contributed by atoms with Gasteiger partial charge in [0.2, 0.25) is 15.8 Å². The molecule has 3 aromatic rings. The zero-order valence-corrected chi connectivity index (χ0v) is 20.4. The first-order valence-electron chi connectivity index (χ1n) is 11.0. The number of rotatable bonds is 8. The number of nitrogens with one attached hydrogen (secondary N) is 2. The Hall–Kier alpha value is -3.03. The van der Waals surface area contributed by atoms with E-state index in [1.807, 2.05) is 0 Å². The van der Waals surface area contributed by atoms with Crippen LogP contribution < -0.4 is 10.0 Å². The molecule has 1 saturated carbocycles. The van der Waals surface area contributed by atoms with Crippen molar-refractivity contribution in [2.45, 2.75) is 44.8 Å². The summed E-state index contributed by atoms with van der Waals surface area (Å²) in [6.07, 6.45) is 5.63. The van der Waals surface area contributed by atoms with Crippen molar-refractivity contribution in [3.8, 4) is 11.5 Å². The van der Waals surface area contributed by atoms with E-state index in [0.717, 1.165) is 25.7 Å². The van der Waals surface area contributed by atoms with Crippen LogP contribution in [-0.4, -0.2) is 56.8 Å². The quantitative estimate of drug-likeness (QED) is 0.456. The van der Waals surface area contributed by atoms with Crippen LogP contribution in [0.1, 0.15) is 41.7 Å². The molecule has 0 atom stereocenters. The molecule has 1 amide bonds. The molecule has 14 heteroatoms. The molecule has 1 aliphatic carbocycles. The number of carbonyl (C=O) groups excluding carboxylic acids is 1. The van der Waals surface area contributed by atoms with Gasteiger partial charge < -0.3 is 5.32 Å². The zero-order valence-electron chi connectivity index (χ0n) is 18.9. The summed E-state index contributed by atoms with van der Waals surface area (Å²) in [4.78, 5) is 22.2. The zero-order chi connectivity index (χ0) is 25.0. The molecule has 2 heterocycles. The number of nitrogens with zero attached hydrogens (tertiary/aromatic N) is 6. The largest absolute Gasteiger partial charge is 0.347 e. The van der Waals surface area contributed by atoms with Crippen LogP contribution in [0.3, 0.4) is 0 Å². The second-order valence-corrected chi connectivity index (χ2v) is 10.7. The van der Waals surface area contributed by atoms with Gasteiger partial charge in [0, 0.05) is 12.6 Å². The lowest BCUT2D eigenvalue weighted by Gasteiger charge is -2.27. The predicted molar refractivity (Wildman–Crippen MR) is 125 cm³/mol. The topological polar surface area (TPSA) is 145 Å². The van der Waals surface area contributed by atoms with Crippen molar-refractivity contribution >= 4 is 27.5 Å². The highest BCUT2D eigenvalue weighted by atomic mass is 35.5. The summed E-state index contributed by atoms with van der Waals surface area (Å²) in [6.45, 7) is 0.700. The van der Waals surface area contributed by atoms with E-state index in [-0.39, 0.29) is 29.1 Å². The highest BCUT2D eigenvalue weighted by molar-refractivity contribution is 7.88. The highest BCUT2D eigenvalue weighted by Crippen LogP contribution is 2.26. The van der Waals surface area contributed by atoms with Crippen molar-refractivity contribution in [1.82, 2.24) is 40.2 Å². The Morgan fingerprint density at radius 3 is 2.69 bits per heavy atom. The van der Waals surface area contributed by atoms with Gasteiger partial charge >= 0.3 is 0 Å². The monoisotopic (exact) mass is 522 g/mol. The van der Waals surface area contributed by atoms with Gasteiger partial charge in [-0.1, -0.05) is 17.7 Å². The third-order valence-corrected chi connectivity index (χ3v) is 6.72. The summed E-state index contributed by atoms with van der Waals surface area (Å²) in [5.41, 5.74) is 1.11. The molecule has 186 valence electrons. The van der Waals surface area contributed by atoms with Crippen LogP contribution in [0.5, 0.6) is 0 Å². The van der Waals surface area contributed by atoms with Crippen molar-refractivity contribution < 1.29 is 17.6 Å². The SMILES string of the molecule is CS(=O)(=O)NC1CCC(Cn2nnc(-c3cc(C(=O)NCc4ccc(F)c(Cl)c4)ncn3)n2)CC1. The minimum absolute atomic E-state index is 0.0196. The molecule has 0 saturated heterocycles. The lowest BCUT2D eigenvalue weighted by Crippen LogP contribution is -2.37. The number of amides is 1. The van der Waals surface area contributed by atoms with Crippen molar-refractivity contribution in [1.29, 1.82) is 0 Å². The van der Waals surface area contributed by atoms with Crippen LogP contribution in [-0.2, 0) is 23.1 Å². The van der Waals surface area contributed by atoms with Crippen molar-refractivity contribution in [2.24, 2.45) is 5.92 Å². The van der Waals surface area contributed by atoms with Gasteiger partial charge in [-0.3, -0.25) is 4.79 Å². The second-order valence-electron chi connectivity index (χ2n) is 8.50. The summed E-state index contributed by atoms with van der Waals surface area (Å²) in [5.74, 6) is -0.402. The molecule has 4 rings (SSSR count). The molecule has 0 unspecified atom stereocenters. The number of carbonyl (C=O) groups is 1. The van der Waals surface area contributed by atoms with Gasteiger partial charge in [-0.2, -0.15) is 4.80 Å². The molecular weight excluding hydrogens is 499 g/mol. The fraction of sp³-hybridized carbons (Fsp3) is 0.429. The minimum Gasteiger partial charge on any atom is -0.347 e. The molecule has 1 aliphatic rings. The van der Waals surface area contributed by atoms with Crippen molar-refractivity contribution in [3.05, 3.63) is 52.7 Å². The summed E-state index contributed by atoms with van der Waals surface area (Å²) < 4.78 is 38.8. The molecule has 0 bridgehead atoms. The number of hydrogen-bond acceptors (Lipinski definition) is 8. The number of hydrogen-bond donors (Lipinski definition) is 2. The number of aromatic nitrogens is 6. The average Bonchev–Trinajstić information content (AvgIpc) is 3.28. The lowest BCUT2D eigenvalue weighted by molar-refractivity contribution is 0.0945. The molecule has 35 heavy (non-hydrogen) atoms. The van der Waals surface area contributed by atoms with Gasteiger partial charge in [-0.15, -0.1) is 10.2 Å². The van der Waals surface area contributed by atoms with E-state index in [4.69, 9.17) is 11.6 Å². The number of benzene rings is 1. The molecule has 0 spiro atoms. The van der Waals surface area contributed by atoms with Crippen molar-refractivity contribution in [2.75, 3.05) is 6.26 Å². The first-order chi connectivity index (χ1) is 16.7. The van der Waals surface area contributed by atoms with E-state index in [1.165, 1.54) is 41.6 Å². The average molecular weight is 523 g/mol. The Labute approximate surface area is 206 Å². The van der Waals surface area contributed by atoms with Gasteiger partial charge in [0.1, 0.15) is 23.5 Å². The van der Waals surface area contributed by atoms with Gasteiger partial charge in [-0.25, -0.2) is 27.5 Å². The summed E-state index contributed by atoms with van der Waals surface area (Å²) in [7, 11) is -3.21. The van der Waals surface area contributed by atoms with E-state index >= 15 is 0 Å². The Morgan fingerprint density at radius 2 is 1.97 bits per heavy atom. The summed E-state index contributed by atoms with van der Waals surface area (Å²) >= 11 is 5.77. The third-order valence-electron chi connectivity index (χ3n) is 5.67. The number of tetrazole rings is 1. The molecule has 2 aromatic heterocycles. The maximum absolute atomic E-state index is 13.3. The van der Waals surface area contributed by atoms with Crippen LogP contribution in [0.4, 0.5) is 4.39 Å². The smallest absolute Gasteiger partial charge is 0.270 e. The Balaban J connectivity index is 1.34. The van der Waals surface area contributed by atoms with Gasteiger partial charge in [0.15, 0.2) is 0 Å². The predicted octanol–water partition coefficient (Wildman–Crippen LogP) is 1.96. The van der Waals surface area contributed by atoms with E-state index in [9.17, 15) is 17.6 Å². The highest BCUT2D eigenvalue weighted by Gasteiger charge is 2.24. The lowest BCUT2D eigenvalue weighted by atomic mass is 9.86. The van der Waals surface area contributed by atoms with Crippen LogP contribution in [0.2, 0.25) is 5.02 Å². The van der Waals surface area contributed by atoms with Gasteiger partial charge in [-0.05, 0) is 60.6 Å². The molecule has 1 fully saturated rings. The van der Waals surface area contributed by atoms with Crippen LogP contribution in [0.15, 0.2) is 30.6 Å². The molecule has 0 radical (unpaired) electrons. The number of halogens is 2. The molecule has 11 nitrogen and oxygen atoms in total. The normalized spacial score (nSPS) is 18.4. The van der Waals surface area contributed by atoms with Gasteiger partial charge in [0.05, 0.1) is 17.8 Å².